The highest BCUT2D eigenvalue weighted by molar-refractivity contribution is 5.61. The van der Waals surface area contributed by atoms with E-state index < -0.39 is 0 Å². The van der Waals surface area contributed by atoms with Gasteiger partial charge in [-0.25, -0.2) is 4.79 Å². The van der Waals surface area contributed by atoms with E-state index in [1.165, 1.54) is 11.8 Å². The van der Waals surface area contributed by atoms with Gasteiger partial charge in [0.15, 0.2) is 0 Å². The summed E-state index contributed by atoms with van der Waals surface area (Å²) in [5, 5.41) is 0. The summed E-state index contributed by atoms with van der Waals surface area (Å²) in [5.41, 5.74) is 2.38. The molecular weight excluding hydrogens is 176 g/mol. The van der Waals surface area contributed by atoms with E-state index in [0.29, 0.717) is 5.56 Å². The van der Waals surface area contributed by atoms with Crippen LogP contribution in [0.2, 0.25) is 0 Å². The van der Waals surface area contributed by atoms with E-state index in [1.54, 1.807) is 12.1 Å². The maximum absolute atomic E-state index is 11.3. The summed E-state index contributed by atoms with van der Waals surface area (Å²) in [4.78, 5) is 11.3. The topological polar surface area (TPSA) is 30.2 Å². The Morgan fingerprint density at radius 3 is 2.43 bits per heavy atom. The van der Waals surface area contributed by atoms with Gasteiger partial charge in [0.25, 0.3) is 0 Å². The van der Waals surface area contributed by atoms with Crippen LogP contribution in [0.25, 0.3) is 11.1 Å². The molecule has 70 valence electrons. The van der Waals surface area contributed by atoms with Gasteiger partial charge in [0.1, 0.15) is 0 Å². The van der Waals surface area contributed by atoms with Crippen molar-refractivity contribution >= 4 is 0 Å². The molecule has 1 aromatic carbocycles. The standard InChI is InChI=1S/C12H10O2/c1-9-4-6-10(7-5-9)11-3-2-8-14-12(11)13/h2-8H,1H3. The number of aryl methyl sites for hydroxylation is 1. The first-order chi connectivity index (χ1) is 6.77. The summed E-state index contributed by atoms with van der Waals surface area (Å²) >= 11 is 0. The summed E-state index contributed by atoms with van der Waals surface area (Å²) in [6, 6.07) is 11.3. The van der Waals surface area contributed by atoms with Gasteiger partial charge in [-0.2, -0.15) is 0 Å². The third-order valence-electron chi connectivity index (χ3n) is 2.10. The van der Waals surface area contributed by atoms with Crippen molar-refractivity contribution in [1.29, 1.82) is 0 Å². The number of benzene rings is 1. The summed E-state index contributed by atoms with van der Waals surface area (Å²) in [6.45, 7) is 2.01. The van der Waals surface area contributed by atoms with Crippen molar-refractivity contribution in [1.82, 2.24) is 0 Å². The van der Waals surface area contributed by atoms with Gasteiger partial charge in [0.2, 0.25) is 0 Å². The highest BCUT2D eigenvalue weighted by Gasteiger charge is 2.01. The van der Waals surface area contributed by atoms with Crippen LogP contribution in [0.4, 0.5) is 0 Å². The van der Waals surface area contributed by atoms with Crippen LogP contribution in [0.1, 0.15) is 5.56 Å². The van der Waals surface area contributed by atoms with Crippen molar-refractivity contribution in [3.8, 4) is 11.1 Å². The predicted molar refractivity (Wildman–Crippen MR) is 55.2 cm³/mol. The quantitative estimate of drug-likeness (QED) is 0.685. The Balaban J connectivity index is 2.56. The summed E-state index contributed by atoms with van der Waals surface area (Å²) in [6.07, 6.45) is 1.39. The molecule has 2 aromatic rings. The molecule has 0 atom stereocenters. The van der Waals surface area contributed by atoms with Gasteiger partial charge in [0.05, 0.1) is 11.8 Å². The zero-order valence-corrected chi connectivity index (χ0v) is 7.86. The molecule has 0 unspecified atom stereocenters. The molecule has 0 aliphatic heterocycles. The molecule has 1 aromatic heterocycles. The molecule has 2 heteroatoms. The van der Waals surface area contributed by atoms with Crippen LogP contribution in [0.3, 0.4) is 0 Å². The fourth-order valence-corrected chi connectivity index (χ4v) is 1.32. The third kappa shape index (κ3) is 1.59. The van der Waals surface area contributed by atoms with Gasteiger partial charge < -0.3 is 4.42 Å². The Bertz CT molecular complexity index is 480. The van der Waals surface area contributed by atoms with Gasteiger partial charge in [-0.05, 0) is 24.6 Å². The lowest BCUT2D eigenvalue weighted by Crippen LogP contribution is -2.00. The molecule has 0 fully saturated rings. The Hall–Kier alpha value is -1.83. The van der Waals surface area contributed by atoms with Crippen LogP contribution in [0, 0.1) is 6.92 Å². The first kappa shape index (κ1) is 8.75. The fraction of sp³-hybridized carbons (Fsp3) is 0.0833. The molecule has 2 rings (SSSR count). The van der Waals surface area contributed by atoms with Crippen molar-refractivity contribution in [2.45, 2.75) is 6.92 Å². The third-order valence-corrected chi connectivity index (χ3v) is 2.10. The molecule has 0 aliphatic rings. The Morgan fingerprint density at radius 2 is 1.79 bits per heavy atom. The van der Waals surface area contributed by atoms with Crippen molar-refractivity contribution in [3.05, 3.63) is 58.6 Å². The van der Waals surface area contributed by atoms with Crippen molar-refractivity contribution in [2.75, 3.05) is 0 Å². The van der Waals surface area contributed by atoms with E-state index in [9.17, 15) is 4.79 Å². The van der Waals surface area contributed by atoms with Crippen LogP contribution >= 0.6 is 0 Å². The smallest absolute Gasteiger partial charge is 0.343 e. The van der Waals surface area contributed by atoms with Crippen LogP contribution in [0.15, 0.2) is 51.9 Å². The molecule has 0 amide bonds. The van der Waals surface area contributed by atoms with E-state index in [-0.39, 0.29) is 5.63 Å². The molecule has 0 N–H and O–H groups in total. The molecule has 1 heterocycles. The number of rotatable bonds is 1. The lowest BCUT2D eigenvalue weighted by atomic mass is 10.1. The molecule has 0 spiro atoms. The minimum atomic E-state index is -0.295. The average Bonchev–Trinajstić information content (AvgIpc) is 2.20. The predicted octanol–water partition coefficient (Wildman–Crippen LogP) is 2.62. The molecule has 0 aliphatic carbocycles. The van der Waals surface area contributed by atoms with Crippen molar-refractivity contribution in [3.63, 3.8) is 0 Å². The minimum absolute atomic E-state index is 0.295. The number of hydrogen-bond donors (Lipinski definition) is 0. The lowest BCUT2D eigenvalue weighted by molar-refractivity contribution is 0.513. The van der Waals surface area contributed by atoms with E-state index in [0.717, 1.165) is 5.56 Å². The summed E-state index contributed by atoms with van der Waals surface area (Å²) < 4.78 is 4.79. The van der Waals surface area contributed by atoms with Gasteiger partial charge in [-0.1, -0.05) is 29.8 Å². The molecule has 14 heavy (non-hydrogen) atoms. The summed E-state index contributed by atoms with van der Waals surface area (Å²) in [5.74, 6) is 0. The minimum Gasteiger partial charge on any atom is -0.431 e. The van der Waals surface area contributed by atoms with Gasteiger partial charge >= 0.3 is 5.63 Å². The maximum Gasteiger partial charge on any atom is 0.343 e. The Morgan fingerprint density at radius 1 is 1.07 bits per heavy atom. The first-order valence-corrected chi connectivity index (χ1v) is 4.42. The van der Waals surface area contributed by atoms with E-state index >= 15 is 0 Å². The normalized spacial score (nSPS) is 10.1. The fourth-order valence-electron chi connectivity index (χ4n) is 1.32. The second-order valence-corrected chi connectivity index (χ2v) is 3.18. The van der Waals surface area contributed by atoms with Gasteiger partial charge in [-0.15, -0.1) is 0 Å². The van der Waals surface area contributed by atoms with Crippen LogP contribution in [-0.2, 0) is 0 Å². The molecule has 0 saturated carbocycles. The highest BCUT2D eigenvalue weighted by atomic mass is 16.4. The highest BCUT2D eigenvalue weighted by Crippen LogP contribution is 2.15. The van der Waals surface area contributed by atoms with Gasteiger partial charge in [-0.3, -0.25) is 0 Å². The molecule has 0 saturated heterocycles. The second-order valence-electron chi connectivity index (χ2n) is 3.18. The molecule has 2 nitrogen and oxygen atoms in total. The van der Waals surface area contributed by atoms with Crippen molar-refractivity contribution in [2.24, 2.45) is 0 Å². The van der Waals surface area contributed by atoms with Crippen LogP contribution < -0.4 is 5.63 Å². The van der Waals surface area contributed by atoms with Crippen LogP contribution in [-0.4, -0.2) is 0 Å². The van der Waals surface area contributed by atoms with Gasteiger partial charge in [0, 0.05) is 0 Å². The Kier molecular flexibility index (Phi) is 2.19. The molecular formula is C12H10O2. The zero-order chi connectivity index (χ0) is 9.97. The molecule has 0 radical (unpaired) electrons. The zero-order valence-electron chi connectivity index (χ0n) is 7.86. The average molecular weight is 186 g/mol. The van der Waals surface area contributed by atoms with E-state index in [2.05, 4.69) is 0 Å². The Labute approximate surface area is 81.8 Å². The second kappa shape index (κ2) is 3.50. The first-order valence-electron chi connectivity index (χ1n) is 4.42. The maximum atomic E-state index is 11.3. The summed E-state index contributed by atoms with van der Waals surface area (Å²) in [7, 11) is 0. The SMILES string of the molecule is Cc1ccc(-c2cccoc2=O)cc1. The van der Waals surface area contributed by atoms with E-state index in [1.807, 2.05) is 31.2 Å². The lowest BCUT2D eigenvalue weighted by Gasteiger charge is -1.99. The monoisotopic (exact) mass is 186 g/mol. The van der Waals surface area contributed by atoms with Crippen molar-refractivity contribution < 1.29 is 4.42 Å². The number of hydrogen-bond acceptors (Lipinski definition) is 2. The molecule has 0 bridgehead atoms. The van der Waals surface area contributed by atoms with E-state index in [4.69, 9.17) is 4.42 Å². The van der Waals surface area contributed by atoms with Crippen LogP contribution in [0.5, 0.6) is 0 Å². The largest absolute Gasteiger partial charge is 0.431 e.